The normalized spacial score (nSPS) is 31.7. The number of amides is 2. The Kier molecular flexibility index (Phi) is 1.90. The molecule has 1 heterocycles. The van der Waals surface area contributed by atoms with Crippen molar-refractivity contribution in [3.05, 3.63) is 0 Å². The van der Waals surface area contributed by atoms with Crippen LogP contribution < -0.4 is 0 Å². The highest BCUT2D eigenvalue weighted by Gasteiger charge is 2.72. The lowest BCUT2D eigenvalue weighted by Crippen LogP contribution is -2.37. The van der Waals surface area contributed by atoms with Gasteiger partial charge in [-0.25, -0.2) is 0 Å². The van der Waals surface area contributed by atoms with E-state index in [-0.39, 0.29) is 42.0 Å². The number of hydrogen-bond donors (Lipinski definition) is 1. The first-order valence-electron chi connectivity index (χ1n) is 4.94. The van der Waals surface area contributed by atoms with E-state index in [0.717, 1.165) is 4.90 Å². The third-order valence-corrected chi connectivity index (χ3v) is 3.44. The highest BCUT2D eigenvalue weighted by Crippen LogP contribution is 2.63. The van der Waals surface area contributed by atoms with Crippen molar-refractivity contribution < 1.29 is 19.5 Å². The lowest BCUT2D eigenvalue weighted by molar-refractivity contribution is -0.144. The molecular formula is C10H13NO4. The van der Waals surface area contributed by atoms with Gasteiger partial charge in [-0.15, -0.1) is 0 Å². The van der Waals surface area contributed by atoms with Crippen LogP contribution in [-0.4, -0.2) is 34.3 Å². The fraction of sp³-hybridized carbons (Fsp3) is 0.700. The van der Waals surface area contributed by atoms with Crippen LogP contribution in [0.2, 0.25) is 0 Å². The number of likely N-dealkylation sites (tertiary alicyclic amines) is 1. The van der Waals surface area contributed by atoms with Crippen LogP contribution in [0, 0.1) is 17.3 Å². The Balaban J connectivity index is 2.04. The Morgan fingerprint density at radius 3 is 2.20 bits per heavy atom. The predicted octanol–water partition coefficient (Wildman–Crippen LogP) is 0.102. The fourth-order valence-corrected chi connectivity index (χ4v) is 2.43. The van der Waals surface area contributed by atoms with Gasteiger partial charge >= 0.3 is 5.97 Å². The maximum absolute atomic E-state index is 11.7. The number of carboxylic acid groups (broad SMARTS) is 1. The maximum Gasteiger partial charge on any atom is 0.305 e. The largest absolute Gasteiger partial charge is 0.481 e. The summed E-state index contributed by atoms with van der Waals surface area (Å²) >= 11 is 0. The summed E-state index contributed by atoms with van der Waals surface area (Å²) in [6, 6.07) is 0. The second-order valence-corrected chi connectivity index (χ2v) is 4.75. The zero-order chi connectivity index (χ0) is 11.4. The Hall–Kier alpha value is -1.39. The van der Waals surface area contributed by atoms with Crippen molar-refractivity contribution in [2.45, 2.75) is 20.3 Å². The fourth-order valence-electron chi connectivity index (χ4n) is 2.43. The van der Waals surface area contributed by atoms with Gasteiger partial charge in [0.2, 0.25) is 11.8 Å². The summed E-state index contributed by atoms with van der Waals surface area (Å²) in [5.74, 6) is -1.81. The van der Waals surface area contributed by atoms with Crippen molar-refractivity contribution in [2.75, 3.05) is 6.54 Å². The number of carbonyl (C=O) groups is 3. The van der Waals surface area contributed by atoms with E-state index in [4.69, 9.17) is 5.11 Å². The number of aliphatic carboxylic acids is 1. The smallest absolute Gasteiger partial charge is 0.305 e. The van der Waals surface area contributed by atoms with Crippen LogP contribution in [0.1, 0.15) is 20.3 Å². The lowest BCUT2D eigenvalue weighted by atomic mass is 10.1. The van der Waals surface area contributed by atoms with Crippen LogP contribution in [-0.2, 0) is 14.4 Å². The van der Waals surface area contributed by atoms with Crippen LogP contribution in [0.15, 0.2) is 0 Å². The van der Waals surface area contributed by atoms with Crippen molar-refractivity contribution in [2.24, 2.45) is 17.3 Å². The maximum atomic E-state index is 11.7. The molecule has 1 saturated heterocycles. The number of carbonyl (C=O) groups excluding carboxylic acids is 2. The summed E-state index contributed by atoms with van der Waals surface area (Å²) in [4.78, 5) is 34.8. The Morgan fingerprint density at radius 1 is 1.33 bits per heavy atom. The molecule has 15 heavy (non-hydrogen) atoms. The number of fused-ring (bicyclic) bond motifs is 1. The average molecular weight is 211 g/mol. The second kappa shape index (κ2) is 2.81. The van der Waals surface area contributed by atoms with E-state index in [1.807, 2.05) is 13.8 Å². The molecular weight excluding hydrogens is 198 g/mol. The quantitative estimate of drug-likeness (QED) is 0.672. The molecule has 0 bridgehead atoms. The lowest BCUT2D eigenvalue weighted by Gasteiger charge is -2.19. The monoisotopic (exact) mass is 211 g/mol. The first-order chi connectivity index (χ1) is 6.87. The van der Waals surface area contributed by atoms with E-state index in [1.54, 1.807) is 0 Å². The number of nitrogens with zero attached hydrogens (tertiary/aromatic N) is 1. The van der Waals surface area contributed by atoms with Gasteiger partial charge in [-0.3, -0.25) is 19.3 Å². The molecule has 1 N–H and O–H groups in total. The first-order valence-corrected chi connectivity index (χ1v) is 4.94. The highest BCUT2D eigenvalue weighted by atomic mass is 16.4. The standard InChI is InChI=1S/C10H13NO4/c1-10(2)6-7(10)9(15)11(8(6)14)4-3-5(12)13/h6-7H,3-4H2,1-2H3,(H,12,13). The number of rotatable bonds is 3. The zero-order valence-electron chi connectivity index (χ0n) is 8.69. The Labute approximate surface area is 87.1 Å². The molecule has 5 nitrogen and oxygen atoms in total. The second-order valence-electron chi connectivity index (χ2n) is 4.75. The summed E-state index contributed by atoms with van der Waals surface area (Å²) < 4.78 is 0. The summed E-state index contributed by atoms with van der Waals surface area (Å²) in [6.45, 7) is 3.80. The van der Waals surface area contributed by atoms with E-state index >= 15 is 0 Å². The van der Waals surface area contributed by atoms with Gasteiger partial charge in [0.05, 0.1) is 18.3 Å². The Bertz CT molecular complexity index is 336. The molecule has 1 aliphatic carbocycles. The van der Waals surface area contributed by atoms with Crippen molar-refractivity contribution in [1.82, 2.24) is 4.90 Å². The van der Waals surface area contributed by atoms with Crippen LogP contribution >= 0.6 is 0 Å². The van der Waals surface area contributed by atoms with Crippen molar-refractivity contribution in [1.29, 1.82) is 0 Å². The van der Waals surface area contributed by atoms with Gasteiger partial charge in [-0.05, 0) is 5.41 Å². The van der Waals surface area contributed by atoms with Crippen LogP contribution in [0.5, 0.6) is 0 Å². The van der Waals surface area contributed by atoms with Crippen LogP contribution in [0.3, 0.4) is 0 Å². The van der Waals surface area contributed by atoms with Gasteiger partial charge in [-0.2, -0.15) is 0 Å². The molecule has 2 atom stereocenters. The molecule has 2 unspecified atom stereocenters. The minimum absolute atomic E-state index is 0.0100. The molecule has 2 fully saturated rings. The number of carboxylic acids is 1. The molecule has 0 radical (unpaired) electrons. The molecule has 2 aliphatic rings. The summed E-state index contributed by atoms with van der Waals surface area (Å²) in [5, 5.41) is 8.48. The summed E-state index contributed by atoms with van der Waals surface area (Å²) in [5.41, 5.74) is -0.214. The van der Waals surface area contributed by atoms with E-state index in [0.29, 0.717) is 0 Å². The number of piperidine rings is 1. The average Bonchev–Trinajstić information content (AvgIpc) is 2.56. The molecule has 2 rings (SSSR count). The van der Waals surface area contributed by atoms with Crippen LogP contribution in [0.4, 0.5) is 0 Å². The molecule has 82 valence electrons. The first kappa shape index (κ1) is 10.1. The minimum Gasteiger partial charge on any atom is -0.481 e. The van der Waals surface area contributed by atoms with E-state index in [2.05, 4.69) is 0 Å². The minimum atomic E-state index is -0.990. The van der Waals surface area contributed by atoms with Gasteiger partial charge < -0.3 is 5.11 Å². The predicted molar refractivity (Wildman–Crippen MR) is 49.7 cm³/mol. The van der Waals surface area contributed by atoms with Gasteiger partial charge in [0, 0.05) is 6.54 Å². The molecule has 0 aromatic heterocycles. The summed E-state index contributed by atoms with van der Waals surface area (Å²) in [6.07, 6.45) is -0.169. The summed E-state index contributed by atoms with van der Waals surface area (Å²) in [7, 11) is 0. The van der Waals surface area contributed by atoms with Crippen molar-refractivity contribution in [3.63, 3.8) is 0 Å². The van der Waals surface area contributed by atoms with E-state index in [9.17, 15) is 14.4 Å². The zero-order valence-corrected chi connectivity index (χ0v) is 8.69. The van der Waals surface area contributed by atoms with Gasteiger partial charge in [0.1, 0.15) is 0 Å². The van der Waals surface area contributed by atoms with Gasteiger partial charge in [-0.1, -0.05) is 13.8 Å². The van der Waals surface area contributed by atoms with Crippen molar-refractivity contribution in [3.8, 4) is 0 Å². The number of imide groups is 1. The third-order valence-electron chi connectivity index (χ3n) is 3.44. The van der Waals surface area contributed by atoms with Gasteiger partial charge in [0.25, 0.3) is 0 Å². The molecule has 5 heteroatoms. The van der Waals surface area contributed by atoms with Gasteiger partial charge in [0.15, 0.2) is 0 Å². The third kappa shape index (κ3) is 1.26. The van der Waals surface area contributed by atoms with E-state index < -0.39 is 5.97 Å². The molecule has 0 aromatic rings. The topological polar surface area (TPSA) is 74.7 Å². The molecule has 0 spiro atoms. The SMILES string of the molecule is CC1(C)C2C(=O)N(CCC(=O)O)C(=O)C21. The molecule has 2 amide bonds. The van der Waals surface area contributed by atoms with Crippen molar-refractivity contribution >= 4 is 17.8 Å². The molecule has 0 aromatic carbocycles. The molecule has 1 aliphatic heterocycles. The highest BCUT2D eigenvalue weighted by molar-refractivity contribution is 6.10. The number of hydrogen-bond acceptors (Lipinski definition) is 3. The molecule has 1 saturated carbocycles. The Morgan fingerprint density at radius 2 is 1.80 bits per heavy atom. The van der Waals surface area contributed by atoms with Crippen LogP contribution in [0.25, 0.3) is 0 Å². The van der Waals surface area contributed by atoms with E-state index in [1.165, 1.54) is 0 Å².